The molecule has 0 spiro atoms. The second-order valence-electron chi connectivity index (χ2n) is 5.35. The fourth-order valence-electron chi connectivity index (χ4n) is 2.41. The Kier molecular flexibility index (Phi) is 4.89. The normalized spacial score (nSPS) is 10.2. The third kappa shape index (κ3) is 3.80. The minimum atomic E-state index is -0.205. The zero-order valence-electron chi connectivity index (χ0n) is 13.1. The maximum Gasteiger partial charge on any atom is 0.257 e. The van der Waals surface area contributed by atoms with E-state index >= 15 is 0 Å². The van der Waals surface area contributed by atoms with Gasteiger partial charge in [0.25, 0.3) is 5.91 Å². The number of hydrogen-bond acceptors (Lipinski definition) is 3. The van der Waals surface area contributed by atoms with Gasteiger partial charge in [0, 0.05) is 11.4 Å². The molecule has 0 unspecified atom stereocenters. The van der Waals surface area contributed by atoms with E-state index in [1.807, 2.05) is 48.5 Å². The number of para-hydroxylation sites is 2. The molecule has 0 atom stereocenters. The highest BCUT2D eigenvalue weighted by Crippen LogP contribution is 2.22. The van der Waals surface area contributed by atoms with E-state index in [2.05, 4.69) is 10.6 Å². The van der Waals surface area contributed by atoms with Crippen LogP contribution >= 0.6 is 0 Å². The molecule has 1 amide bonds. The van der Waals surface area contributed by atoms with Gasteiger partial charge in [-0.2, -0.15) is 0 Å². The summed E-state index contributed by atoms with van der Waals surface area (Å²) in [5.74, 6) is -0.205. The number of carbonyl (C=O) groups is 1. The highest BCUT2D eigenvalue weighted by Gasteiger charge is 2.11. The van der Waals surface area contributed by atoms with Crippen molar-refractivity contribution >= 4 is 23.0 Å². The Balaban J connectivity index is 1.82. The summed E-state index contributed by atoms with van der Waals surface area (Å²) >= 11 is 0. The van der Waals surface area contributed by atoms with E-state index < -0.39 is 0 Å². The number of rotatable bonds is 5. The first kappa shape index (κ1) is 15.8. The van der Waals surface area contributed by atoms with Gasteiger partial charge in [0.05, 0.1) is 17.9 Å². The van der Waals surface area contributed by atoms with Crippen molar-refractivity contribution in [3.63, 3.8) is 0 Å². The third-order valence-electron chi connectivity index (χ3n) is 3.59. The molecule has 3 rings (SSSR count). The maximum absolute atomic E-state index is 12.6. The molecule has 4 nitrogen and oxygen atoms in total. The lowest BCUT2D eigenvalue weighted by Gasteiger charge is -2.12. The van der Waals surface area contributed by atoms with Crippen LogP contribution in [0.3, 0.4) is 0 Å². The smallest absolute Gasteiger partial charge is 0.257 e. The van der Waals surface area contributed by atoms with Gasteiger partial charge in [0.15, 0.2) is 0 Å². The van der Waals surface area contributed by atoms with E-state index in [-0.39, 0.29) is 12.5 Å². The molecule has 0 aliphatic rings. The van der Waals surface area contributed by atoms with Crippen LogP contribution in [0.15, 0.2) is 78.9 Å². The van der Waals surface area contributed by atoms with E-state index in [1.165, 1.54) is 0 Å². The molecule has 4 heteroatoms. The number of hydrogen-bond donors (Lipinski definition) is 3. The molecular weight excluding hydrogens is 300 g/mol. The van der Waals surface area contributed by atoms with Crippen molar-refractivity contribution in [3.8, 4) is 0 Å². The summed E-state index contributed by atoms with van der Waals surface area (Å²) in [6, 6.07) is 24.2. The van der Waals surface area contributed by atoms with Crippen molar-refractivity contribution in [2.75, 3.05) is 10.6 Å². The Morgan fingerprint density at radius 1 is 0.833 bits per heavy atom. The Labute approximate surface area is 140 Å². The average Bonchev–Trinajstić information content (AvgIpc) is 2.63. The molecule has 120 valence electrons. The van der Waals surface area contributed by atoms with Gasteiger partial charge in [-0.15, -0.1) is 0 Å². The van der Waals surface area contributed by atoms with Gasteiger partial charge in [-0.05, 0) is 42.0 Å². The summed E-state index contributed by atoms with van der Waals surface area (Å²) in [5, 5.41) is 15.3. The molecule has 24 heavy (non-hydrogen) atoms. The predicted molar refractivity (Wildman–Crippen MR) is 96.5 cm³/mol. The minimum absolute atomic E-state index is 0.0597. The van der Waals surface area contributed by atoms with Gasteiger partial charge in [-0.1, -0.05) is 42.5 Å². The zero-order valence-corrected chi connectivity index (χ0v) is 13.1. The van der Waals surface area contributed by atoms with Crippen LogP contribution in [-0.4, -0.2) is 11.0 Å². The van der Waals surface area contributed by atoms with Gasteiger partial charge in [0.2, 0.25) is 0 Å². The first-order valence-corrected chi connectivity index (χ1v) is 7.68. The number of anilines is 3. The van der Waals surface area contributed by atoms with Crippen LogP contribution in [0.5, 0.6) is 0 Å². The number of benzene rings is 3. The molecule has 0 fully saturated rings. The summed E-state index contributed by atoms with van der Waals surface area (Å²) in [5.41, 5.74) is 3.61. The molecule has 0 aliphatic carbocycles. The highest BCUT2D eigenvalue weighted by atomic mass is 16.3. The lowest BCUT2D eigenvalue weighted by Crippen LogP contribution is -2.14. The van der Waals surface area contributed by atoms with Crippen LogP contribution in [0.25, 0.3) is 0 Å². The van der Waals surface area contributed by atoms with Crippen LogP contribution < -0.4 is 10.6 Å². The number of nitrogens with one attached hydrogen (secondary N) is 2. The SMILES string of the molecule is O=C(Nc1cccc(CO)c1)c1ccccc1Nc1ccccc1. The van der Waals surface area contributed by atoms with Crippen molar-refractivity contribution in [1.82, 2.24) is 0 Å². The van der Waals surface area contributed by atoms with Crippen molar-refractivity contribution in [3.05, 3.63) is 90.0 Å². The fourth-order valence-corrected chi connectivity index (χ4v) is 2.41. The molecule has 0 radical (unpaired) electrons. The monoisotopic (exact) mass is 318 g/mol. The summed E-state index contributed by atoms with van der Waals surface area (Å²) < 4.78 is 0. The van der Waals surface area contributed by atoms with Crippen molar-refractivity contribution in [2.24, 2.45) is 0 Å². The topological polar surface area (TPSA) is 61.4 Å². The van der Waals surface area contributed by atoms with Crippen LogP contribution in [0, 0.1) is 0 Å². The first-order chi connectivity index (χ1) is 11.8. The van der Waals surface area contributed by atoms with Crippen molar-refractivity contribution in [1.29, 1.82) is 0 Å². The summed E-state index contributed by atoms with van der Waals surface area (Å²) in [6.07, 6.45) is 0. The summed E-state index contributed by atoms with van der Waals surface area (Å²) in [6.45, 7) is -0.0597. The van der Waals surface area contributed by atoms with Gasteiger partial charge in [-0.3, -0.25) is 4.79 Å². The Hall–Kier alpha value is -3.11. The standard InChI is InChI=1S/C20H18N2O2/c23-14-15-7-6-10-17(13-15)22-20(24)18-11-4-5-12-19(18)21-16-8-2-1-3-9-16/h1-13,21,23H,14H2,(H,22,24). The van der Waals surface area contributed by atoms with Crippen LogP contribution in [0.1, 0.15) is 15.9 Å². The Morgan fingerprint density at radius 2 is 1.54 bits per heavy atom. The quantitative estimate of drug-likeness (QED) is 0.661. The van der Waals surface area contributed by atoms with Crippen LogP contribution in [-0.2, 0) is 6.61 Å². The molecule has 0 bridgehead atoms. The van der Waals surface area contributed by atoms with Crippen LogP contribution in [0.4, 0.5) is 17.1 Å². The second-order valence-corrected chi connectivity index (χ2v) is 5.35. The van der Waals surface area contributed by atoms with E-state index in [0.29, 0.717) is 11.3 Å². The van der Waals surface area contributed by atoms with Gasteiger partial charge in [-0.25, -0.2) is 0 Å². The van der Waals surface area contributed by atoms with Crippen LogP contribution in [0.2, 0.25) is 0 Å². The molecule has 3 aromatic carbocycles. The Bertz CT molecular complexity index is 832. The second kappa shape index (κ2) is 7.44. The van der Waals surface area contributed by atoms with Crippen molar-refractivity contribution < 1.29 is 9.90 Å². The fraction of sp³-hybridized carbons (Fsp3) is 0.0500. The largest absolute Gasteiger partial charge is 0.392 e. The third-order valence-corrected chi connectivity index (χ3v) is 3.59. The van der Waals surface area contributed by atoms with E-state index in [4.69, 9.17) is 0 Å². The first-order valence-electron chi connectivity index (χ1n) is 7.68. The van der Waals surface area contributed by atoms with E-state index in [0.717, 1.165) is 16.9 Å². The summed E-state index contributed by atoms with van der Waals surface area (Å²) in [4.78, 5) is 12.6. The minimum Gasteiger partial charge on any atom is -0.392 e. The molecule has 0 heterocycles. The zero-order chi connectivity index (χ0) is 16.8. The predicted octanol–water partition coefficient (Wildman–Crippen LogP) is 4.17. The maximum atomic E-state index is 12.6. The number of aliphatic hydroxyl groups is 1. The highest BCUT2D eigenvalue weighted by molar-refractivity contribution is 6.08. The number of carbonyl (C=O) groups excluding carboxylic acids is 1. The number of amides is 1. The molecule has 3 aromatic rings. The van der Waals surface area contributed by atoms with Gasteiger partial charge in [0.1, 0.15) is 0 Å². The molecule has 0 aliphatic heterocycles. The molecule has 0 saturated heterocycles. The lowest BCUT2D eigenvalue weighted by atomic mass is 10.1. The number of aliphatic hydroxyl groups excluding tert-OH is 1. The molecular formula is C20H18N2O2. The lowest BCUT2D eigenvalue weighted by molar-refractivity contribution is 0.102. The summed E-state index contributed by atoms with van der Waals surface area (Å²) in [7, 11) is 0. The van der Waals surface area contributed by atoms with Gasteiger partial charge < -0.3 is 15.7 Å². The van der Waals surface area contributed by atoms with Gasteiger partial charge >= 0.3 is 0 Å². The van der Waals surface area contributed by atoms with Crippen molar-refractivity contribution in [2.45, 2.75) is 6.61 Å². The molecule has 3 N–H and O–H groups in total. The van der Waals surface area contributed by atoms with E-state index in [9.17, 15) is 9.90 Å². The Morgan fingerprint density at radius 3 is 2.33 bits per heavy atom. The molecule has 0 saturated carbocycles. The molecule has 0 aromatic heterocycles. The van der Waals surface area contributed by atoms with E-state index in [1.54, 1.807) is 30.3 Å². The average molecular weight is 318 g/mol.